The quantitative estimate of drug-likeness (QED) is 0.611. The van der Waals surface area contributed by atoms with Gasteiger partial charge < -0.3 is 9.32 Å². The molecule has 1 aliphatic rings. The SMILES string of the molecule is O=C(Cn1nc(-c2ccc(F)cc2)oc1=O)N(c1ccccc1)[C@@H]1CCS(=O)(=O)C1. The number of halogens is 1. The van der Waals surface area contributed by atoms with Crippen LogP contribution in [0.15, 0.2) is 63.8 Å². The van der Waals surface area contributed by atoms with Crippen molar-refractivity contribution in [1.29, 1.82) is 0 Å². The van der Waals surface area contributed by atoms with Gasteiger partial charge in [0.25, 0.3) is 0 Å². The topological polar surface area (TPSA) is 102 Å². The van der Waals surface area contributed by atoms with E-state index in [1.165, 1.54) is 29.2 Å². The molecule has 0 radical (unpaired) electrons. The summed E-state index contributed by atoms with van der Waals surface area (Å²) in [5.74, 6) is -1.93. The Morgan fingerprint density at radius 2 is 1.87 bits per heavy atom. The number of hydrogen-bond acceptors (Lipinski definition) is 6. The Labute approximate surface area is 171 Å². The molecule has 3 aromatic rings. The molecule has 0 spiro atoms. The van der Waals surface area contributed by atoms with E-state index in [4.69, 9.17) is 4.42 Å². The van der Waals surface area contributed by atoms with Gasteiger partial charge >= 0.3 is 5.76 Å². The smallest absolute Gasteiger partial charge is 0.388 e. The van der Waals surface area contributed by atoms with Gasteiger partial charge in [-0.05, 0) is 42.8 Å². The van der Waals surface area contributed by atoms with E-state index < -0.39 is 39.9 Å². The van der Waals surface area contributed by atoms with Crippen molar-refractivity contribution < 1.29 is 22.0 Å². The predicted octanol–water partition coefficient (Wildman–Crippen LogP) is 1.86. The van der Waals surface area contributed by atoms with Crippen molar-refractivity contribution in [3.8, 4) is 11.5 Å². The Kier molecular flexibility index (Phi) is 5.25. The number of nitrogens with zero attached hydrogens (tertiary/aromatic N) is 3. The second kappa shape index (κ2) is 7.86. The number of hydrogen-bond donors (Lipinski definition) is 0. The minimum Gasteiger partial charge on any atom is -0.388 e. The van der Waals surface area contributed by atoms with Crippen molar-refractivity contribution in [2.45, 2.75) is 19.0 Å². The van der Waals surface area contributed by atoms with Crippen LogP contribution < -0.4 is 10.7 Å². The maximum atomic E-state index is 13.1. The van der Waals surface area contributed by atoms with Crippen molar-refractivity contribution in [1.82, 2.24) is 9.78 Å². The second-order valence-corrected chi connectivity index (χ2v) is 9.22. The zero-order chi connectivity index (χ0) is 21.3. The van der Waals surface area contributed by atoms with Crippen LogP contribution in [0.2, 0.25) is 0 Å². The molecule has 1 amide bonds. The molecule has 1 fully saturated rings. The van der Waals surface area contributed by atoms with Crippen LogP contribution in [0.5, 0.6) is 0 Å². The van der Waals surface area contributed by atoms with Crippen molar-refractivity contribution in [2.24, 2.45) is 0 Å². The predicted molar refractivity (Wildman–Crippen MR) is 107 cm³/mol. The highest BCUT2D eigenvalue weighted by Crippen LogP contribution is 2.25. The Morgan fingerprint density at radius 1 is 1.17 bits per heavy atom. The number of benzene rings is 2. The summed E-state index contributed by atoms with van der Waals surface area (Å²) < 4.78 is 43.0. The number of carbonyl (C=O) groups excluding carboxylic acids is 1. The minimum atomic E-state index is -3.23. The number of amides is 1. The standard InChI is InChI=1S/C20H18FN3O5S/c21-15-8-6-14(7-9-15)19-22-23(20(26)29-19)12-18(25)24(16-4-2-1-3-5-16)17-10-11-30(27,28)13-17/h1-9,17H,10-13H2/t17-/m1/s1. The molecular formula is C20H18FN3O5S. The summed E-state index contributed by atoms with van der Waals surface area (Å²) in [6.07, 6.45) is 0.317. The summed E-state index contributed by atoms with van der Waals surface area (Å²) in [5.41, 5.74) is 0.932. The number of aromatic nitrogens is 2. The Hall–Kier alpha value is -3.27. The first-order valence-corrected chi connectivity index (χ1v) is 11.1. The van der Waals surface area contributed by atoms with Crippen molar-refractivity contribution in [2.75, 3.05) is 16.4 Å². The Balaban J connectivity index is 1.62. The highest BCUT2D eigenvalue weighted by atomic mass is 32.2. The molecule has 0 aliphatic carbocycles. The maximum absolute atomic E-state index is 13.1. The third-order valence-corrected chi connectivity index (χ3v) is 6.61. The van der Waals surface area contributed by atoms with Gasteiger partial charge in [0.2, 0.25) is 11.8 Å². The number of para-hydroxylation sites is 1. The van der Waals surface area contributed by atoms with Crippen LogP contribution in [0.4, 0.5) is 10.1 Å². The van der Waals surface area contributed by atoms with E-state index in [-0.39, 0.29) is 17.4 Å². The zero-order valence-corrected chi connectivity index (χ0v) is 16.6. The van der Waals surface area contributed by atoms with Gasteiger partial charge in [0.15, 0.2) is 9.84 Å². The van der Waals surface area contributed by atoms with Crippen LogP contribution in [0.3, 0.4) is 0 Å². The summed E-state index contributed by atoms with van der Waals surface area (Å²) in [7, 11) is -3.23. The fourth-order valence-electron chi connectivity index (χ4n) is 3.45. The van der Waals surface area contributed by atoms with E-state index in [0.29, 0.717) is 17.7 Å². The molecule has 4 rings (SSSR count). The van der Waals surface area contributed by atoms with Crippen molar-refractivity contribution in [3.05, 3.63) is 71.0 Å². The number of carbonyl (C=O) groups is 1. The van der Waals surface area contributed by atoms with Gasteiger partial charge in [-0.1, -0.05) is 18.2 Å². The van der Waals surface area contributed by atoms with Gasteiger partial charge in [0.1, 0.15) is 12.4 Å². The number of sulfone groups is 1. The molecule has 156 valence electrons. The molecular weight excluding hydrogens is 413 g/mol. The van der Waals surface area contributed by atoms with E-state index in [1.807, 2.05) is 0 Å². The van der Waals surface area contributed by atoms with E-state index in [2.05, 4.69) is 5.10 Å². The molecule has 1 saturated heterocycles. The summed E-state index contributed by atoms with van der Waals surface area (Å²) in [5, 5.41) is 4.03. The summed E-state index contributed by atoms with van der Waals surface area (Å²) in [6, 6.07) is 13.4. The molecule has 0 N–H and O–H groups in total. The zero-order valence-electron chi connectivity index (χ0n) is 15.8. The fraction of sp³-hybridized carbons (Fsp3) is 0.250. The Bertz CT molecular complexity index is 1220. The highest BCUT2D eigenvalue weighted by Gasteiger charge is 2.35. The van der Waals surface area contributed by atoms with Crippen molar-refractivity contribution in [3.63, 3.8) is 0 Å². The summed E-state index contributed by atoms with van der Waals surface area (Å²) >= 11 is 0. The number of rotatable bonds is 5. The van der Waals surface area contributed by atoms with Gasteiger partial charge in [0, 0.05) is 11.3 Å². The van der Waals surface area contributed by atoms with E-state index >= 15 is 0 Å². The molecule has 1 aromatic heterocycles. The lowest BCUT2D eigenvalue weighted by molar-refractivity contribution is -0.119. The van der Waals surface area contributed by atoms with Crippen LogP contribution in [-0.2, 0) is 21.2 Å². The van der Waals surface area contributed by atoms with E-state index in [1.54, 1.807) is 30.3 Å². The molecule has 1 atom stereocenters. The van der Waals surface area contributed by atoms with Crippen LogP contribution >= 0.6 is 0 Å². The molecule has 0 unspecified atom stereocenters. The van der Waals surface area contributed by atoms with Gasteiger partial charge in [-0.3, -0.25) is 4.79 Å². The number of anilines is 1. The fourth-order valence-corrected chi connectivity index (χ4v) is 5.15. The average Bonchev–Trinajstić information content (AvgIpc) is 3.25. The summed E-state index contributed by atoms with van der Waals surface area (Å²) in [6.45, 7) is -0.422. The lowest BCUT2D eigenvalue weighted by atomic mass is 10.2. The average molecular weight is 431 g/mol. The largest absolute Gasteiger partial charge is 0.437 e. The normalized spacial score (nSPS) is 17.7. The van der Waals surface area contributed by atoms with Crippen LogP contribution in [0, 0.1) is 5.82 Å². The first kappa shape index (κ1) is 20.0. The lowest BCUT2D eigenvalue weighted by Crippen LogP contribution is -2.44. The first-order valence-electron chi connectivity index (χ1n) is 9.24. The summed E-state index contributed by atoms with van der Waals surface area (Å²) in [4.78, 5) is 26.7. The molecule has 0 bridgehead atoms. The third-order valence-electron chi connectivity index (χ3n) is 4.86. The Morgan fingerprint density at radius 3 is 2.50 bits per heavy atom. The highest BCUT2D eigenvalue weighted by molar-refractivity contribution is 7.91. The molecule has 1 aliphatic heterocycles. The van der Waals surface area contributed by atoms with Gasteiger partial charge in [0.05, 0.1) is 17.5 Å². The molecule has 8 nitrogen and oxygen atoms in total. The van der Waals surface area contributed by atoms with Gasteiger partial charge in [-0.15, -0.1) is 5.10 Å². The first-order chi connectivity index (χ1) is 14.3. The molecule has 0 saturated carbocycles. The second-order valence-electron chi connectivity index (χ2n) is 6.99. The minimum absolute atomic E-state index is 0.00685. The van der Waals surface area contributed by atoms with Crippen molar-refractivity contribution >= 4 is 21.4 Å². The molecule has 2 heterocycles. The van der Waals surface area contributed by atoms with E-state index in [9.17, 15) is 22.4 Å². The molecule has 10 heteroatoms. The van der Waals surface area contributed by atoms with Crippen LogP contribution in [0.25, 0.3) is 11.5 Å². The maximum Gasteiger partial charge on any atom is 0.437 e. The van der Waals surface area contributed by atoms with Gasteiger partial charge in [-0.25, -0.2) is 17.6 Å². The monoisotopic (exact) mass is 431 g/mol. The molecule has 2 aromatic carbocycles. The van der Waals surface area contributed by atoms with E-state index in [0.717, 1.165) is 4.68 Å². The third kappa shape index (κ3) is 4.18. The van der Waals surface area contributed by atoms with Crippen LogP contribution in [0.1, 0.15) is 6.42 Å². The van der Waals surface area contributed by atoms with Crippen LogP contribution in [-0.4, -0.2) is 41.7 Å². The molecule has 30 heavy (non-hydrogen) atoms. The van der Waals surface area contributed by atoms with Gasteiger partial charge in [-0.2, -0.15) is 4.68 Å². The lowest BCUT2D eigenvalue weighted by Gasteiger charge is -2.28.